The second-order valence-electron chi connectivity index (χ2n) is 5.90. The second-order valence-corrected chi connectivity index (χ2v) is 5.90. The van der Waals surface area contributed by atoms with Crippen LogP contribution in [0.1, 0.15) is 38.4 Å². The molecule has 0 saturated heterocycles. The zero-order chi connectivity index (χ0) is 17.8. The van der Waals surface area contributed by atoms with Crippen molar-refractivity contribution in [1.82, 2.24) is 25.1 Å². The monoisotopic (exact) mass is 342 g/mol. The van der Waals surface area contributed by atoms with Crippen molar-refractivity contribution in [3.05, 3.63) is 48.3 Å². The summed E-state index contributed by atoms with van der Waals surface area (Å²) in [5.74, 6) is 0.550. The molecule has 0 radical (unpaired) electrons. The van der Waals surface area contributed by atoms with Crippen LogP contribution in [0.2, 0.25) is 0 Å². The maximum Gasteiger partial charge on any atom is 0.249 e. The molecule has 25 heavy (non-hydrogen) atoms. The normalized spacial score (nSPS) is 12.4. The standard InChI is InChI=1S/C17H19FN6O/c1-4-12-13(18)16(21-9-20-12)22-14(10(2)3)17-23-15(24-25-17)11-6-5-7-19-8-11/h5-10,14H,4H2,1-3H3,(H,20,21,22). The van der Waals surface area contributed by atoms with Gasteiger partial charge in [-0.25, -0.2) is 14.4 Å². The van der Waals surface area contributed by atoms with Crippen LogP contribution in [0.15, 0.2) is 35.4 Å². The summed E-state index contributed by atoms with van der Waals surface area (Å²) in [5.41, 5.74) is 1.11. The Kier molecular flexibility index (Phi) is 4.97. The van der Waals surface area contributed by atoms with Crippen LogP contribution in [0, 0.1) is 11.7 Å². The van der Waals surface area contributed by atoms with Crippen molar-refractivity contribution in [1.29, 1.82) is 0 Å². The van der Waals surface area contributed by atoms with Crippen LogP contribution in [-0.4, -0.2) is 25.1 Å². The number of pyridine rings is 1. The predicted molar refractivity (Wildman–Crippen MR) is 90.1 cm³/mol. The van der Waals surface area contributed by atoms with Gasteiger partial charge in [0.05, 0.1) is 5.69 Å². The first kappa shape index (κ1) is 16.9. The van der Waals surface area contributed by atoms with Gasteiger partial charge in [0.1, 0.15) is 12.4 Å². The van der Waals surface area contributed by atoms with Gasteiger partial charge < -0.3 is 9.84 Å². The van der Waals surface area contributed by atoms with Gasteiger partial charge >= 0.3 is 0 Å². The summed E-state index contributed by atoms with van der Waals surface area (Å²) in [5, 5.41) is 7.06. The van der Waals surface area contributed by atoms with Gasteiger partial charge in [0.15, 0.2) is 11.6 Å². The molecule has 1 unspecified atom stereocenters. The highest BCUT2D eigenvalue weighted by molar-refractivity contribution is 5.52. The fourth-order valence-electron chi connectivity index (χ4n) is 2.39. The molecule has 3 aromatic heterocycles. The summed E-state index contributed by atoms with van der Waals surface area (Å²) >= 11 is 0. The number of aryl methyl sites for hydroxylation is 1. The lowest BCUT2D eigenvalue weighted by molar-refractivity contribution is 0.335. The van der Waals surface area contributed by atoms with Gasteiger partial charge in [0.2, 0.25) is 11.7 Å². The Hall–Kier alpha value is -2.90. The van der Waals surface area contributed by atoms with Crippen molar-refractivity contribution in [2.24, 2.45) is 5.92 Å². The van der Waals surface area contributed by atoms with Crippen LogP contribution in [0.4, 0.5) is 10.2 Å². The van der Waals surface area contributed by atoms with Crippen molar-refractivity contribution in [2.75, 3.05) is 5.32 Å². The van der Waals surface area contributed by atoms with Crippen molar-refractivity contribution in [3.63, 3.8) is 0 Å². The average molecular weight is 342 g/mol. The molecule has 3 heterocycles. The topological polar surface area (TPSA) is 89.6 Å². The van der Waals surface area contributed by atoms with E-state index < -0.39 is 5.82 Å². The Labute approximate surface area is 144 Å². The van der Waals surface area contributed by atoms with E-state index in [4.69, 9.17) is 4.52 Å². The molecule has 8 heteroatoms. The Morgan fingerprint density at radius 3 is 2.80 bits per heavy atom. The largest absolute Gasteiger partial charge is 0.356 e. The molecule has 7 nitrogen and oxygen atoms in total. The highest BCUT2D eigenvalue weighted by Gasteiger charge is 2.25. The number of hydrogen-bond donors (Lipinski definition) is 1. The summed E-state index contributed by atoms with van der Waals surface area (Å²) in [4.78, 5) is 16.4. The van der Waals surface area contributed by atoms with Gasteiger partial charge in [-0.2, -0.15) is 4.98 Å². The lowest BCUT2D eigenvalue weighted by atomic mass is 10.0. The van der Waals surface area contributed by atoms with Gasteiger partial charge in [-0.1, -0.05) is 25.9 Å². The molecular weight excluding hydrogens is 323 g/mol. The van der Waals surface area contributed by atoms with Crippen LogP contribution in [0.3, 0.4) is 0 Å². The van der Waals surface area contributed by atoms with E-state index in [0.29, 0.717) is 23.8 Å². The number of aromatic nitrogens is 5. The van der Waals surface area contributed by atoms with Gasteiger partial charge in [0, 0.05) is 18.0 Å². The minimum Gasteiger partial charge on any atom is -0.356 e. The third-order valence-electron chi connectivity index (χ3n) is 3.78. The molecule has 130 valence electrons. The molecule has 0 aliphatic carbocycles. The molecule has 0 bridgehead atoms. The van der Waals surface area contributed by atoms with E-state index in [1.807, 2.05) is 26.8 Å². The molecule has 0 aromatic carbocycles. The molecular formula is C17H19FN6O. The number of hydrogen-bond acceptors (Lipinski definition) is 7. The van der Waals surface area contributed by atoms with E-state index in [1.165, 1.54) is 6.33 Å². The van der Waals surface area contributed by atoms with Crippen molar-refractivity contribution < 1.29 is 8.91 Å². The third kappa shape index (κ3) is 3.62. The Morgan fingerprint density at radius 2 is 2.12 bits per heavy atom. The summed E-state index contributed by atoms with van der Waals surface area (Å²) in [6, 6.07) is 3.26. The second kappa shape index (κ2) is 7.33. The Morgan fingerprint density at radius 1 is 1.28 bits per heavy atom. The Bertz CT molecular complexity index is 836. The summed E-state index contributed by atoms with van der Waals surface area (Å²) < 4.78 is 19.8. The quantitative estimate of drug-likeness (QED) is 0.734. The highest BCUT2D eigenvalue weighted by Crippen LogP contribution is 2.27. The van der Waals surface area contributed by atoms with Crippen molar-refractivity contribution in [3.8, 4) is 11.4 Å². The molecule has 0 spiro atoms. The zero-order valence-electron chi connectivity index (χ0n) is 14.3. The maximum atomic E-state index is 14.4. The highest BCUT2D eigenvalue weighted by atomic mass is 19.1. The summed E-state index contributed by atoms with van der Waals surface area (Å²) in [6.45, 7) is 5.80. The maximum absolute atomic E-state index is 14.4. The molecule has 3 aromatic rings. The lowest BCUT2D eigenvalue weighted by Gasteiger charge is -2.19. The first-order chi connectivity index (χ1) is 12.1. The molecule has 1 N–H and O–H groups in total. The van der Waals surface area contributed by atoms with Gasteiger partial charge in [-0.3, -0.25) is 4.98 Å². The van der Waals surface area contributed by atoms with Crippen LogP contribution >= 0.6 is 0 Å². The average Bonchev–Trinajstić information content (AvgIpc) is 3.11. The van der Waals surface area contributed by atoms with Crippen LogP contribution in [0.25, 0.3) is 11.4 Å². The van der Waals surface area contributed by atoms with E-state index >= 15 is 0 Å². The molecule has 0 amide bonds. The van der Waals surface area contributed by atoms with E-state index in [0.717, 1.165) is 5.56 Å². The van der Waals surface area contributed by atoms with E-state index in [2.05, 4.69) is 30.4 Å². The number of anilines is 1. The third-order valence-corrected chi connectivity index (χ3v) is 3.78. The predicted octanol–water partition coefficient (Wildman–Crippen LogP) is 3.43. The molecule has 0 fully saturated rings. The lowest BCUT2D eigenvalue weighted by Crippen LogP contribution is -2.19. The number of nitrogens with zero attached hydrogens (tertiary/aromatic N) is 5. The molecule has 0 aliphatic heterocycles. The first-order valence-electron chi connectivity index (χ1n) is 8.10. The minimum atomic E-state index is -0.456. The molecule has 0 aliphatic rings. The summed E-state index contributed by atoms with van der Waals surface area (Å²) in [7, 11) is 0. The fraction of sp³-hybridized carbons (Fsp3) is 0.353. The van der Waals surface area contributed by atoms with Crippen LogP contribution < -0.4 is 5.32 Å². The minimum absolute atomic E-state index is 0.0710. The molecule has 3 rings (SSSR count). The van der Waals surface area contributed by atoms with Crippen molar-refractivity contribution >= 4 is 5.82 Å². The zero-order valence-corrected chi connectivity index (χ0v) is 14.3. The smallest absolute Gasteiger partial charge is 0.249 e. The van der Waals surface area contributed by atoms with Gasteiger partial charge in [-0.15, -0.1) is 0 Å². The number of rotatable bonds is 6. The fourth-order valence-corrected chi connectivity index (χ4v) is 2.39. The van der Waals surface area contributed by atoms with Crippen LogP contribution in [-0.2, 0) is 6.42 Å². The van der Waals surface area contributed by atoms with E-state index in [1.54, 1.807) is 18.5 Å². The number of nitrogens with one attached hydrogen (secondary N) is 1. The van der Waals surface area contributed by atoms with Gasteiger partial charge in [0.25, 0.3) is 0 Å². The Balaban J connectivity index is 1.89. The molecule has 1 atom stereocenters. The SMILES string of the molecule is CCc1ncnc(NC(c2nc(-c3cccnc3)no2)C(C)C)c1F. The molecule has 0 saturated carbocycles. The van der Waals surface area contributed by atoms with Crippen LogP contribution in [0.5, 0.6) is 0 Å². The van der Waals surface area contributed by atoms with E-state index in [-0.39, 0.29) is 17.8 Å². The number of halogens is 1. The first-order valence-corrected chi connectivity index (χ1v) is 8.10. The summed E-state index contributed by atoms with van der Waals surface area (Å²) in [6.07, 6.45) is 5.16. The van der Waals surface area contributed by atoms with Gasteiger partial charge in [-0.05, 0) is 24.5 Å². The van der Waals surface area contributed by atoms with E-state index in [9.17, 15) is 4.39 Å². The van der Waals surface area contributed by atoms with Crippen molar-refractivity contribution in [2.45, 2.75) is 33.2 Å².